The quantitative estimate of drug-likeness (QED) is 0.703. The largest absolute Gasteiger partial charge is 0.496 e. The van der Waals surface area contributed by atoms with E-state index in [0.29, 0.717) is 16.9 Å². The molecule has 2 aromatic carbocycles. The molecule has 1 atom stereocenters. The van der Waals surface area contributed by atoms with Gasteiger partial charge in [-0.15, -0.1) is 0 Å². The van der Waals surface area contributed by atoms with E-state index in [4.69, 9.17) is 10.00 Å². The summed E-state index contributed by atoms with van der Waals surface area (Å²) in [6.07, 6.45) is 0. The zero-order chi connectivity index (χ0) is 16.9. The third kappa shape index (κ3) is 4.41. The lowest BCUT2D eigenvalue weighted by molar-refractivity contribution is 0.346. The smallest absolute Gasteiger partial charge is 0.346 e. The van der Waals surface area contributed by atoms with Crippen molar-refractivity contribution in [2.45, 2.75) is 12.3 Å². The molecule has 0 aliphatic rings. The zero-order valence-corrected chi connectivity index (χ0v) is 13.4. The van der Waals surface area contributed by atoms with Gasteiger partial charge in [-0.3, -0.25) is 9.88 Å². The van der Waals surface area contributed by atoms with Gasteiger partial charge in [0.1, 0.15) is 11.5 Å². The van der Waals surface area contributed by atoms with Crippen LogP contribution >= 0.6 is 7.60 Å². The molecule has 0 aromatic heterocycles. The summed E-state index contributed by atoms with van der Waals surface area (Å²) in [4.78, 5) is 19.2. The van der Waals surface area contributed by atoms with Crippen molar-refractivity contribution in [2.75, 3.05) is 7.11 Å². The van der Waals surface area contributed by atoms with E-state index in [1.165, 1.54) is 24.3 Å². The molecule has 0 amide bonds. The van der Waals surface area contributed by atoms with Crippen LogP contribution in [0.25, 0.3) is 0 Å². The zero-order valence-electron chi connectivity index (χ0n) is 12.5. The van der Waals surface area contributed by atoms with Crippen molar-refractivity contribution in [1.82, 2.24) is 5.32 Å². The first kappa shape index (κ1) is 17.2. The number of methoxy groups -OCH3 is 1. The Bertz CT molecular complexity index is 749. The van der Waals surface area contributed by atoms with Crippen molar-refractivity contribution in [1.29, 1.82) is 5.26 Å². The Hall–Kier alpha value is -2.16. The standard InChI is InChI=1S/C16H17N2O4P/c1-22-15-5-3-2-4-14(15)11-18-16(23(19,20)21)13-8-6-12(10-17)7-9-13/h2-9,16,18H,11H2,1H3,(H2,19,20,21). The topological polar surface area (TPSA) is 103 Å². The van der Waals surface area contributed by atoms with Crippen LogP contribution in [0.1, 0.15) is 22.5 Å². The molecule has 0 bridgehead atoms. The molecule has 2 aromatic rings. The van der Waals surface area contributed by atoms with Crippen LogP contribution in [0, 0.1) is 11.3 Å². The minimum atomic E-state index is -4.42. The number of rotatable bonds is 6. The average molecular weight is 332 g/mol. The van der Waals surface area contributed by atoms with Gasteiger partial charge < -0.3 is 14.5 Å². The van der Waals surface area contributed by atoms with Gasteiger partial charge in [-0.1, -0.05) is 30.3 Å². The molecule has 7 heteroatoms. The Morgan fingerprint density at radius 3 is 2.43 bits per heavy atom. The molecule has 0 saturated heterocycles. The molecule has 0 heterocycles. The van der Waals surface area contributed by atoms with Crippen molar-refractivity contribution in [3.05, 3.63) is 65.2 Å². The maximum atomic E-state index is 11.8. The van der Waals surface area contributed by atoms with Crippen molar-refractivity contribution in [3.8, 4) is 11.8 Å². The van der Waals surface area contributed by atoms with Gasteiger partial charge in [0, 0.05) is 12.1 Å². The summed E-state index contributed by atoms with van der Waals surface area (Å²) in [7, 11) is -2.88. The van der Waals surface area contributed by atoms with Crippen LogP contribution in [0.4, 0.5) is 0 Å². The maximum absolute atomic E-state index is 11.8. The Morgan fingerprint density at radius 2 is 1.87 bits per heavy atom. The fraction of sp³-hybridized carbons (Fsp3) is 0.188. The molecule has 0 aliphatic heterocycles. The van der Waals surface area contributed by atoms with Crippen LogP contribution in [-0.2, 0) is 11.1 Å². The van der Waals surface area contributed by atoms with E-state index >= 15 is 0 Å². The van der Waals surface area contributed by atoms with Gasteiger partial charge in [0.15, 0.2) is 0 Å². The van der Waals surface area contributed by atoms with Crippen LogP contribution in [0.3, 0.4) is 0 Å². The van der Waals surface area contributed by atoms with Gasteiger partial charge in [-0.05, 0) is 23.8 Å². The van der Waals surface area contributed by atoms with Crippen LogP contribution in [0.5, 0.6) is 5.75 Å². The lowest BCUT2D eigenvalue weighted by atomic mass is 10.1. The second kappa shape index (κ2) is 7.40. The first-order chi connectivity index (χ1) is 11.0. The molecule has 1 unspecified atom stereocenters. The SMILES string of the molecule is COc1ccccc1CNC(c1ccc(C#N)cc1)P(=O)(O)O. The number of nitriles is 1. The lowest BCUT2D eigenvalue weighted by Gasteiger charge is -2.21. The maximum Gasteiger partial charge on any atom is 0.346 e. The van der Waals surface area contributed by atoms with Gasteiger partial charge in [0.25, 0.3) is 0 Å². The number of ether oxygens (including phenoxy) is 1. The molecule has 0 aliphatic carbocycles. The summed E-state index contributed by atoms with van der Waals surface area (Å²) in [5.41, 5.74) is 1.65. The number of nitrogens with zero attached hydrogens (tertiary/aromatic N) is 1. The van der Waals surface area contributed by atoms with Crippen LogP contribution in [-0.4, -0.2) is 16.9 Å². The Morgan fingerprint density at radius 1 is 1.22 bits per heavy atom. The predicted octanol–water partition coefficient (Wildman–Crippen LogP) is 2.53. The minimum absolute atomic E-state index is 0.236. The van der Waals surface area contributed by atoms with Crippen molar-refractivity contribution >= 4 is 7.60 Å². The fourth-order valence-corrected chi connectivity index (χ4v) is 3.12. The van der Waals surface area contributed by atoms with Gasteiger partial charge >= 0.3 is 7.60 Å². The number of para-hydroxylation sites is 1. The van der Waals surface area contributed by atoms with E-state index in [2.05, 4.69) is 5.32 Å². The second-order valence-electron chi connectivity index (χ2n) is 4.92. The third-order valence-corrected chi connectivity index (χ3v) is 4.52. The molecule has 0 fully saturated rings. The highest BCUT2D eigenvalue weighted by atomic mass is 31.2. The first-order valence-corrected chi connectivity index (χ1v) is 8.54. The molecular weight excluding hydrogens is 315 g/mol. The summed E-state index contributed by atoms with van der Waals surface area (Å²) in [6.45, 7) is 0.236. The molecule has 6 nitrogen and oxygen atoms in total. The Balaban J connectivity index is 2.23. The van der Waals surface area contributed by atoms with Gasteiger partial charge in [0.05, 0.1) is 18.7 Å². The second-order valence-corrected chi connectivity index (χ2v) is 6.61. The molecule has 2 rings (SSSR count). The average Bonchev–Trinajstić information content (AvgIpc) is 2.55. The van der Waals surface area contributed by atoms with E-state index in [1.54, 1.807) is 13.2 Å². The summed E-state index contributed by atoms with van der Waals surface area (Å²) in [6, 6.07) is 15.4. The molecule has 120 valence electrons. The number of benzene rings is 2. The highest BCUT2D eigenvalue weighted by molar-refractivity contribution is 7.52. The summed E-state index contributed by atoms with van der Waals surface area (Å²) >= 11 is 0. The number of hydrogen-bond acceptors (Lipinski definition) is 4. The molecule has 23 heavy (non-hydrogen) atoms. The first-order valence-electron chi connectivity index (χ1n) is 6.86. The van der Waals surface area contributed by atoms with E-state index in [0.717, 1.165) is 5.56 Å². The normalized spacial score (nSPS) is 12.4. The minimum Gasteiger partial charge on any atom is -0.496 e. The van der Waals surface area contributed by atoms with Crippen LogP contribution in [0.15, 0.2) is 48.5 Å². The summed E-state index contributed by atoms with van der Waals surface area (Å²) in [5, 5.41) is 11.7. The summed E-state index contributed by atoms with van der Waals surface area (Å²) < 4.78 is 17.0. The number of nitrogens with one attached hydrogen (secondary N) is 1. The Labute approximate surface area is 134 Å². The monoisotopic (exact) mass is 332 g/mol. The number of hydrogen-bond donors (Lipinski definition) is 3. The molecule has 3 N–H and O–H groups in total. The van der Waals surface area contributed by atoms with Crippen LogP contribution in [0.2, 0.25) is 0 Å². The van der Waals surface area contributed by atoms with E-state index in [1.807, 2.05) is 24.3 Å². The highest BCUT2D eigenvalue weighted by Crippen LogP contribution is 2.50. The van der Waals surface area contributed by atoms with Crippen molar-refractivity contribution in [3.63, 3.8) is 0 Å². The van der Waals surface area contributed by atoms with Gasteiger partial charge in [-0.2, -0.15) is 5.26 Å². The fourth-order valence-electron chi connectivity index (χ4n) is 2.23. The highest BCUT2D eigenvalue weighted by Gasteiger charge is 2.30. The van der Waals surface area contributed by atoms with Gasteiger partial charge in [0.2, 0.25) is 0 Å². The lowest BCUT2D eigenvalue weighted by Crippen LogP contribution is -2.21. The van der Waals surface area contributed by atoms with E-state index < -0.39 is 13.4 Å². The Kier molecular flexibility index (Phi) is 5.54. The van der Waals surface area contributed by atoms with Crippen molar-refractivity contribution < 1.29 is 19.1 Å². The van der Waals surface area contributed by atoms with Gasteiger partial charge in [-0.25, -0.2) is 0 Å². The van der Waals surface area contributed by atoms with Crippen molar-refractivity contribution in [2.24, 2.45) is 0 Å². The summed E-state index contributed by atoms with van der Waals surface area (Å²) in [5.74, 6) is -0.510. The predicted molar refractivity (Wildman–Crippen MR) is 85.8 cm³/mol. The molecular formula is C16H17N2O4P. The molecule has 0 radical (unpaired) electrons. The van der Waals surface area contributed by atoms with E-state index in [9.17, 15) is 14.4 Å². The third-order valence-electron chi connectivity index (χ3n) is 3.37. The molecule has 0 spiro atoms. The van der Waals surface area contributed by atoms with E-state index in [-0.39, 0.29) is 6.54 Å². The molecule has 0 saturated carbocycles. The van der Waals surface area contributed by atoms with Crippen LogP contribution < -0.4 is 10.1 Å².